The normalized spacial score (nSPS) is 12.6. The number of hydrogen-bond acceptors (Lipinski definition) is 4. The number of methoxy groups -OCH3 is 1. The van der Waals surface area contributed by atoms with Crippen molar-refractivity contribution in [2.24, 2.45) is 5.84 Å². The van der Waals surface area contributed by atoms with E-state index < -0.39 is 0 Å². The van der Waals surface area contributed by atoms with Crippen molar-refractivity contribution in [1.82, 2.24) is 5.43 Å². The van der Waals surface area contributed by atoms with Crippen molar-refractivity contribution in [3.63, 3.8) is 0 Å². The third-order valence-electron chi connectivity index (χ3n) is 2.68. The van der Waals surface area contributed by atoms with E-state index in [1.54, 1.807) is 7.11 Å². The second-order valence-electron chi connectivity index (χ2n) is 4.24. The molecule has 0 spiro atoms. The molecule has 1 atom stereocenters. The fraction of sp³-hybridized carbons (Fsp3) is 0.538. The van der Waals surface area contributed by atoms with Gasteiger partial charge in [-0.25, -0.2) is 4.39 Å². The van der Waals surface area contributed by atoms with Gasteiger partial charge in [-0.05, 0) is 36.6 Å². The van der Waals surface area contributed by atoms with Crippen molar-refractivity contribution in [2.45, 2.75) is 18.9 Å². The van der Waals surface area contributed by atoms with E-state index in [0.717, 1.165) is 16.5 Å². The lowest BCUT2D eigenvalue weighted by atomic mass is 10.0. The zero-order valence-electron chi connectivity index (χ0n) is 11.0. The summed E-state index contributed by atoms with van der Waals surface area (Å²) in [6, 6.07) is 4.89. The van der Waals surface area contributed by atoms with E-state index in [9.17, 15) is 4.39 Å². The van der Waals surface area contributed by atoms with E-state index >= 15 is 0 Å². The molecule has 3 N–H and O–H groups in total. The SMILES string of the molecule is COCCOCCC(Cc1cc(F)cc(Br)c1)NN. The number of nitrogens with one attached hydrogen (secondary N) is 1. The van der Waals surface area contributed by atoms with Gasteiger partial charge in [-0.3, -0.25) is 11.3 Å². The van der Waals surface area contributed by atoms with E-state index in [-0.39, 0.29) is 11.9 Å². The Morgan fingerprint density at radius 2 is 2.11 bits per heavy atom. The molecule has 0 radical (unpaired) electrons. The first-order valence-corrected chi connectivity index (χ1v) is 6.92. The fourth-order valence-corrected chi connectivity index (χ4v) is 2.24. The molecule has 6 heteroatoms. The molecular formula is C13H20BrFN2O2. The second kappa shape index (κ2) is 9.39. The van der Waals surface area contributed by atoms with Crippen molar-refractivity contribution in [3.05, 3.63) is 34.1 Å². The number of hydrogen-bond donors (Lipinski definition) is 2. The van der Waals surface area contributed by atoms with E-state index in [1.165, 1.54) is 12.1 Å². The summed E-state index contributed by atoms with van der Waals surface area (Å²) < 4.78 is 24.3. The van der Waals surface area contributed by atoms with Gasteiger partial charge in [0.05, 0.1) is 13.2 Å². The third kappa shape index (κ3) is 6.98. The third-order valence-corrected chi connectivity index (χ3v) is 3.14. The minimum Gasteiger partial charge on any atom is -0.382 e. The summed E-state index contributed by atoms with van der Waals surface area (Å²) in [5.74, 6) is 5.25. The zero-order chi connectivity index (χ0) is 14.1. The maximum atomic E-state index is 13.3. The lowest BCUT2D eigenvalue weighted by Gasteiger charge is -2.16. The van der Waals surface area contributed by atoms with Gasteiger partial charge in [0.15, 0.2) is 0 Å². The standard InChI is InChI=1S/C13H20BrFN2O2/c1-18-4-5-19-3-2-13(17-16)8-10-6-11(14)9-12(15)7-10/h6-7,9,13,17H,2-5,8,16H2,1H3. The summed E-state index contributed by atoms with van der Waals surface area (Å²) in [6.45, 7) is 1.74. The highest BCUT2D eigenvalue weighted by molar-refractivity contribution is 9.10. The molecule has 0 aliphatic carbocycles. The molecule has 1 rings (SSSR count). The smallest absolute Gasteiger partial charge is 0.124 e. The van der Waals surface area contributed by atoms with Crippen LogP contribution in [0.5, 0.6) is 0 Å². The fourth-order valence-electron chi connectivity index (χ4n) is 1.73. The average Bonchev–Trinajstić information content (AvgIpc) is 2.36. The molecule has 0 amide bonds. The van der Waals surface area contributed by atoms with Crippen LogP contribution in [0, 0.1) is 5.82 Å². The molecule has 0 aliphatic heterocycles. The predicted octanol–water partition coefficient (Wildman–Crippen LogP) is 2.02. The second-order valence-corrected chi connectivity index (χ2v) is 5.15. The molecule has 1 aromatic rings. The molecule has 0 bridgehead atoms. The molecule has 108 valence electrons. The minimum atomic E-state index is -0.253. The summed E-state index contributed by atoms with van der Waals surface area (Å²) in [6.07, 6.45) is 1.41. The number of rotatable bonds is 9. The Balaban J connectivity index is 2.38. The topological polar surface area (TPSA) is 56.5 Å². The largest absolute Gasteiger partial charge is 0.382 e. The summed E-state index contributed by atoms with van der Waals surface area (Å²) in [7, 11) is 1.63. The molecule has 1 unspecified atom stereocenters. The van der Waals surface area contributed by atoms with Crippen molar-refractivity contribution < 1.29 is 13.9 Å². The maximum Gasteiger partial charge on any atom is 0.124 e. The monoisotopic (exact) mass is 334 g/mol. The zero-order valence-corrected chi connectivity index (χ0v) is 12.6. The Morgan fingerprint density at radius 1 is 1.32 bits per heavy atom. The molecule has 19 heavy (non-hydrogen) atoms. The van der Waals surface area contributed by atoms with Crippen LogP contribution in [0.1, 0.15) is 12.0 Å². The Morgan fingerprint density at radius 3 is 2.74 bits per heavy atom. The summed E-state index contributed by atoms with van der Waals surface area (Å²) in [4.78, 5) is 0. The highest BCUT2D eigenvalue weighted by Crippen LogP contribution is 2.16. The first-order valence-electron chi connectivity index (χ1n) is 6.13. The van der Waals surface area contributed by atoms with E-state index in [0.29, 0.717) is 26.2 Å². The summed E-state index contributed by atoms with van der Waals surface area (Å²) >= 11 is 3.28. The van der Waals surface area contributed by atoms with Crippen LogP contribution in [0.15, 0.2) is 22.7 Å². The Kier molecular flexibility index (Phi) is 8.16. The van der Waals surface area contributed by atoms with Gasteiger partial charge in [0.1, 0.15) is 5.82 Å². The lowest BCUT2D eigenvalue weighted by molar-refractivity contribution is 0.0658. The van der Waals surface area contributed by atoms with E-state index in [4.69, 9.17) is 15.3 Å². The Hall–Kier alpha value is -0.530. The van der Waals surface area contributed by atoms with Gasteiger partial charge >= 0.3 is 0 Å². The van der Waals surface area contributed by atoms with E-state index in [1.807, 2.05) is 6.07 Å². The van der Waals surface area contributed by atoms with Crippen LogP contribution < -0.4 is 11.3 Å². The number of ether oxygens (including phenoxy) is 2. The van der Waals surface area contributed by atoms with Crippen molar-refractivity contribution in [2.75, 3.05) is 26.9 Å². The van der Waals surface area contributed by atoms with Gasteiger partial charge < -0.3 is 9.47 Å². The Labute approximate surface area is 121 Å². The summed E-state index contributed by atoms with van der Waals surface area (Å²) in [5.41, 5.74) is 3.63. The quantitative estimate of drug-likeness (QED) is 0.412. The van der Waals surface area contributed by atoms with Crippen LogP contribution in [-0.2, 0) is 15.9 Å². The van der Waals surface area contributed by atoms with E-state index in [2.05, 4.69) is 21.4 Å². The molecule has 0 saturated carbocycles. The highest BCUT2D eigenvalue weighted by atomic mass is 79.9. The van der Waals surface area contributed by atoms with Gasteiger partial charge in [-0.2, -0.15) is 0 Å². The highest BCUT2D eigenvalue weighted by Gasteiger charge is 2.09. The van der Waals surface area contributed by atoms with Gasteiger partial charge in [-0.15, -0.1) is 0 Å². The van der Waals surface area contributed by atoms with Crippen molar-refractivity contribution in [1.29, 1.82) is 0 Å². The molecule has 0 fully saturated rings. The average molecular weight is 335 g/mol. The van der Waals surface area contributed by atoms with Gasteiger partial charge in [0, 0.05) is 24.2 Å². The lowest BCUT2D eigenvalue weighted by Crippen LogP contribution is -2.37. The maximum absolute atomic E-state index is 13.3. The van der Waals surface area contributed by atoms with Gasteiger partial charge in [0.25, 0.3) is 0 Å². The van der Waals surface area contributed by atoms with Crippen molar-refractivity contribution >= 4 is 15.9 Å². The van der Waals surface area contributed by atoms with Crippen LogP contribution in [0.4, 0.5) is 4.39 Å². The first-order chi connectivity index (χ1) is 9.15. The molecule has 1 aromatic carbocycles. The Bertz CT molecular complexity index is 359. The van der Waals surface area contributed by atoms with Gasteiger partial charge in [-0.1, -0.05) is 15.9 Å². The van der Waals surface area contributed by atoms with Crippen LogP contribution in [0.2, 0.25) is 0 Å². The first kappa shape index (κ1) is 16.5. The number of hydrazine groups is 1. The van der Waals surface area contributed by atoms with Gasteiger partial charge in [0.2, 0.25) is 0 Å². The minimum absolute atomic E-state index is 0.0521. The molecule has 0 aliphatic rings. The van der Waals surface area contributed by atoms with Crippen LogP contribution in [-0.4, -0.2) is 33.0 Å². The van der Waals surface area contributed by atoms with Crippen LogP contribution in [0.25, 0.3) is 0 Å². The molecule has 0 heterocycles. The van der Waals surface area contributed by atoms with Crippen LogP contribution >= 0.6 is 15.9 Å². The number of nitrogens with two attached hydrogens (primary N) is 1. The molecule has 4 nitrogen and oxygen atoms in total. The molecular weight excluding hydrogens is 315 g/mol. The molecule has 0 aromatic heterocycles. The molecule has 0 saturated heterocycles. The number of halogens is 2. The predicted molar refractivity (Wildman–Crippen MR) is 76.2 cm³/mol. The number of benzene rings is 1. The van der Waals surface area contributed by atoms with Crippen molar-refractivity contribution in [3.8, 4) is 0 Å². The van der Waals surface area contributed by atoms with Crippen LogP contribution in [0.3, 0.4) is 0 Å². The summed E-state index contributed by atoms with van der Waals surface area (Å²) in [5, 5.41) is 0.